The number of aryl methyl sites for hydroxylation is 2. The number of hydrogen-bond donors (Lipinski definition) is 0. The van der Waals surface area contributed by atoms with Gasteiger partial charge in [0.25, 0.3) is 0 Å². The van der Waals surface area contributed by atoms with E-state index in [1.165, 1.54) is 17.8 Å². The van der Waals surface area contributed by atoms with Crippen LogP contribution in [0.5, 0.6) is 0 Å². The number of rotatable bonds is 6. The number of Topliss-reactive ketones (excluding diaryl/α,β-unsaturated/α-hetero) is 1. The van der Waals surface area contributed by atoms with Crippen LogP contribution in [0.2, 0.25) is 0 Å². The Bertz CT molecular complexity index is 941. The second-order valence-electron chi connectivity index (χ2n) is 6.10. The largest absolute Gasteiger partial charge is 0.312 e. The molecule has 7 heteroatoms. The Kier molecular flexibility index (Phi) is 5.46. The van der Waals surface area contributed by atoms with Crippen LogP contribution in [-0.4, -0.2) is 25.5 Å². The zero-order chi connectivity index (χ0) is 18.7. The number of pyridine rings is 1. The predicted octanol–water partition coefficient (Wildman–Crippen LogP) is 3.94. The maximum atomic E-state index is 14.2. The van der Waals surface area contributed by atoms with Crippen LogP contribution in [0.4, 0.5) is 4.39 Å². The van der Waals surface area contributed by atoms with Crippen molar-refractivity contribution in [1.82, 2.24) is 19.7 Å². The first-order valence-corrected chi connectivity index (χ1v) is 9.08. The van der Waals surface area contributed by atoms with Crippen molar-refractivity contribution in [3.05, 3.63) is 71.1 Å². The van der Waals surface area contributed by atoms with Crippen LogP contribution < -0.4 is 0 Å². The summed E-state index contributed by atoms with van der Waals surface area (Å²) in [5.41, 5.74) is 2.43. The van der Waals surface area contributed by atoms with Crippen molar-refractivity contribution < 1.29 is 9.18 Å². The molecular weight excluding hydrogens is 351 g/mol. The Morgan fingerprint density at radius 3 is 2.81 bits per heavy atom. The van der Waals surface area contributed by atoms with E-state index in [1.807, 2.05) is 31.5 Å². The average molecular weight is 370 g/mol. The zero-order valence-corrected chi connectivity index (χ0v) is 15.6. The number of ketones is 1. The molecule has 2 heterocycles. The normalized spacial score (nSPS) is 12.2. The lowest BCUT2D eigenvalue weighted by Gasteiger charge is -2.13. The highest BCUT2D eigenvalue weighted by atomic mass is 32.2. The van der Waals surface area contributed by atoms with Crippen LogP contribution in [0.1, 0.15) is 39.5 Å². The highest BCUT2D eigenvalue weighted by molar-refractivity contribution is 7.99. The predicted molar refractivity (Wildman–Crippen MR) is 98.7 cm³/mol. The summed E-state index contributed by atoms with van der Waals surface area (Å²) in [6.45, 7) is 3.84. The summed E-state index contributed by atoms with van der Waals surface area (Å²) in [6, 6.07) is 10.2. The van der Waals surface area contributed by atoms with E-state index in [1.54, 1.807) is 30.6 Å². The van der Waals surface area contributed by atoms with Gasteiger partial charge in [-0.05, 0) is 43.2 Å². The molecular formula is C19H19FN4OS. The Labute approximate surface area is 155 Å². The molecule has 0 aliphatic rings. The molecule has 3 aromatic rings. The Balaban J connectivity index is 1.79. The second-order valence-corrected chi connectivity index (χ2v) is 7.41. The smallest absolute Gasteiger partial charge is 0.191 e. The lowest BCUT2D eigenvalue weighted by molar-refractivity contribution is 0.0987. The summed E-state index contributed by atoms with van der Waals surface area (Å²) in [6.07, 6.45) is 1.62. The molecule has 0 unspecified atom stereocenters. The highest BCUT2D eigenvalue weighted by Gasteiger charge is 2.16. The molecule has 0 spiro atoms. The number of aromatic nitrogens is 4. The number of benzene rings is 1. The third kappa shape index (κ3) is 4.16. The molecule has 0 bridgehead atoms. The minimum Gasteiger partial charge on any atom is -0.312 e. The van der Waals surface area contributed by atoms with Crippen molar-refractivity contribution in [2.24, 2.45) is 7.05 Å². The molecule has 5 nitrogen and oxygen atoms in total. The van der Waals surface area contributed by atoms with Crippen molar-refractivity contribution in [3.8, 4) is 0 Å². The summed E-state index contributed by atoms with van der Waals surface area (Å²) in [5.74, 6) is -0.580. The van der Waals surface area contributed by atoms with Gasteiger partial charge in [0.2, 0.25) is 0 Å². The summed E-state index contributed by atoms with van der Waals surface area (Å²) < 4.78 is 16.1. The van der Waals surface area contributed by atoms with Gasteiger partial charge in [-0.25, -0.2) is 4.39 Å². The summed E-state index contributed by atoms with van der Waals surface area (Å²) in [4.78, 5) is 16.7. The van der Waals surface area contributed by atoms with Gasteiger partial charge in [0.15, 0.2) is 10.9 Å². The fourth-order valence-electron chi connectivity index (χ4n) is 2.55. The number of halogens is 1. The molecule has 0 fully saturated rings. The van der Waals surface area contributed by atoms with Gasteiger partial charge in [0.05, 0.1) is 0 Å². The van der Waals surface area contributed by atoms with Crippen LogP contribution in [0, 0.1) is 12.7 Å². The topological polar surface area (TPSA) is 60.7 Å². The van der Waals surface area contributed by atoms with E-state index in [4.69, 9.17) is 0 Å². The molecule has 0 saturated carbocycles. The highest BCUT2D eigenvalue weighted by Crippen LogP contribution is 2.34. The summed E-state index contributed by atoms with van der Waals surface area (Å²) >= 11 is 1.53. The van der Waals surface area contributed by atoms with Crippen LogP contribution in [0.25, 0.3) is 0 Å². The van der Waals surface area contributed by atoms with Gasteiger partial charge in [0, 0.05) is 24.4 Å². The van der Waals surface area contributed by atoms with Crippen LogP contribution in [-0.2, 0) is 13.5 Å². The van der Waals surface area contributed by atoms with E-state index in [9.17, 15) is 9.18 Å². The van der Waals surface area contributed by atoms with Crippen LogP contribution in [0.15, 0.2) is 47.9 Å². The lowest BCUT2D eigenvalue weighted by atomic mass is 10.0. The first-order valence-electron chi connectivity index (χ1n) is 8.20. The van der Waals surface area contributed by atoms with Gasteiger partial charge in [-0.2, -0.15) is 0 Å². The van der Waals surface area contributed by atoms with E-state index >= 15 is 0 Å². The molecule has 0 saturated heterocycles. The molecule has 0 radical (unpaired) electrons. The molecule has 3 rings (SSSR count). The third-order valence-electron chi connectivity index (χ3n) is 4.02. The van der Waals surface area contributed by atoms with Crippen molar-refractivity contribution in [2.45, 2.75) is 30.7 Å². The molecule has 0 N–H and O–H groups in total. The lowest BCUT2D eigenvalue weighted by Crippen LogP contribution is -2.08. The maximum Gasteiger partial charge on any atom is 0.191 e. The standard InChI is InChI=1S/C19H19FN4OS/c1-12-5-4-6-17(22-12)18(25)10-15-9-14(7-8-16(15)20)13(2)26-19-23-21-11-24(19)3/h4-9,11,13H,10H2,1-3H3/t13-/m1/s1. The van der Waals surface area contributed by atoms with Gasteiger partial charge in [-0.3, -0.25) is 9.78 Å². The fraction of sp³-hybridized carbons (Fsp3) is 0.263. The van der Waals surface area contributed by atoms with Gasteiger partial charge >= 0.3 is 0 Å². The van der Waals surface area contributed by atoms with Gasteiger partial charge < -0.3 is 4.57 Å². The molecule has 0 aliphatic carbocycles. The van der Waals surface area contributed by atoms with Crippen molar-refractivity contribution >= 4 is 17.5 Å². The van der Waals surface area contributed by atoms with Crippen LogP contribution >= 0.6 is 11.8 Å². The number of hydrogen-bond acceptors (Lipinski definition) is 5. The number of thioether (sulfide) groups is 1. The molecule has 1 atom stereocenters. The van der Waals surface area contributed by atoms with Gasteiger partial charge in [0.1, 0.15) is 17.8 Å². The average Bonchev–Trinajstić information content (AvgIpc) is 3.01. The van der Waals surface area contributed by atoms with E-state index in [0.717, 1.165) is 16.4 Å². The fourth-order valence-corrected chi connectivity index (χ4v) is 3.46. The first kappa shape index (κ1) is 18.3. The SMILES string of the molecule is Cc1cccc(C(=O)Cc2cc([C@@H](C)Sc3nncn3C)ccc2F)n1. The Morgan fingerprint density at radius 2 is 2.12 bits per heavy atom. The Hall–Kier alpha value is -2.54. The molecule has 1 aromatic carbocycles. The van der Waals surface area contributed by atoms with E-state index in [0.29, 0.717) is 11.3 Å². The first-order chi connectivity index (χ1) is 12.4. The quantitative estimate of drug-likeness (QED) is 0.486. The van der Waals surface area contributed by atoms with Gasteiger partial charge in [-0.15, -0.1) is 10.2 Å². The third-order valence-corrected chi connectivity index (χ3v) is 5.22. The Morgan fingerprint density at radius 1 is 1.31 bits per heavy atom. The van der Waals surface area contributed by atoms with Crippen molar-refractivity contribution in [1.29, 1.82) is 0 Å². The number of carbonyl (C=O) groups excluding carboxylic acids is 1. The summed E-state index contributed by atoms with van der Waals surface area (Å²) in [5, 5.41) is 8.74. The molecule has 26 heavy (non-hydrogen) atoms. The summed E-state index contributed by atoms with van der Waals surface area (Å²) in [7, 11) is 1.87. The van der Waals surface area contributed by atoms with E-state index in [2.05, 4.69) is 15.2 Å². The van der Waals surface area contributed by atoms with Gasteiger partial charge in [-0.1, -0.05) is 30.0 Å². The maximum absolute atomic E-state index is 14.2. The minimum absolute atomic E-state index is 0.0164. The molecule has 2 aromatic heterocycles. The second kappa shape index (κ2) is 7.78. The zero-order valence-electron chi connectivity index (χ0n) is 14.8. The van der Waals surface area contributed by atoms with Crippen LogP contribution in [0.3, 0.4) is 0 Å². The molecule has 0 amide bonds. The molecule has 0 aliphatic heterocycles. The monoisotopic (exact) mass is 370 g/mol. The molecule has 134 valence electrons. The van der Waals surface area contributed by atoms with E-state index in [-0.39, 0.29) is 23.3 Å². The minimum atomic E-state index is -0.384. The number of carbonyl (C=O) groups is 1. The van der Waals surface area contributed by atoms with Crippen molar-refractivity contribution in [2.75, 3.05) is 0 Å². The number of nitrogens with zero attached hydrogens (tertiary/aromatic N) is 4. The van der Waals surface area contributed by atoms with Crippen molar-refractivity contribution in [3.63, 3.8) is 0 Å². The van der Waals surface area contributed by atoms with E-state index < -0.39 is 0 Å².